The van der Waals surface area contributed by atoms with Crippen LogP contribution < -0.4 is 5.32 Å². The zero-order valence-electron chi connectivity index (χ0n) is 11.2. The number of hydrogen-bond acceptors (Lipinski definition) is 1. The van der Waals surface area contributed by atoms with Crippen LogP contribution in [-0.2, 0) is 5.88 Å². The highest BCUT2D eigenvalue weighted by atomic mass is 35.5. The van der Waals surface area contributed by atoms with Gasteiger partial charge in [-0.1, -0.05) is 38.8 Å². The van der Waals surface area contributed by atoms with Gasteiger partial charge in [-0.15, -0.1) is 11.6 Å². The summed E-state index contributed by atoms with van der Waals surface area (Å²) in [7, 11) is 0. The van der Waals surface area contributed by atoms with Gasteiger partial charge in [-0.25, -0.2) is 0 Å². The van der Waals surface area contributed by atoms with Crippen molar-refractivity contribution in [1.29, 1.82) is 0 Å². The zero-order valence-corrected chi connectivity index (χ0v) is 12.0. The highest BCUT2D eigenvalue weighted by Gasteiger charge is 2.05. The van der Waals surface area contributed by atoms with Crippen LogP contribution in [0.2, 0.25) is 0 Å². The Hall–Kier alpha value is -1.02. The Labute approximate surface area is 115 Å². The van der Waals surface area contributed by atoms with E-state index < -0.39 is 0 Å². The van der Waals surface area contributed by atoms with E-state index in [-0.39, 0.29) is 5.91 Å². The molecule has 0 heterocycles. The van der Waals surface area contributed by atoms with Crippen molar-refractivity contribution in [3.05, 3.63) is 35.4 Å². The number of unbranched alkanes of at least 4 members (excludes halogenated alkanes) is 1. The topological polar surface area (TPSA) is 29.1 Å². The fourth-order valence-corrected chi connectivity index (χ4v) is 1.94. The number of benzene rings is 1. The van der Waals surface area contributed by atoms with E-state index in [9.17, 15) is 4.79 Å². The summed E-state index contributed by atoms with van der Waals surface area (Å²) in [6.07, 6.45) is 3.43. The van der Waals surface area contributed by atoms with Gasteiger partial charge in [-0.3, -0.25) is 4.79 Å². The van der Waals surface area contributed by atoms with E-state index in [1.54, 1.807) is 0 Å². The normalized spacial score (nSPS) is 10.7. The van der Waals surface area contributed by atoms with Crippen molar-refractivity contribution in [2.45, 2.75) is 39.0 Å². The smallest absolute Gasteiger partial charge is 0.251 e. The lowest BCUT2D eigenvalue weighted by molar-refractivity contribution is 0.0953. The van der Waals surface area contributed by atoms with E-state index >= 15 is 0 Å². The fraction of sp³-hybridized carbons (Fsp3) is 0.533. The van der Waals surface area contributed by atoms with Crippen molar-refractivity contribution in [3.63, 3.8) is 0 Å². The summed E-state index contributed by atoms with van der Waals surface area (Å²) in [4.78, 5) is 11.9. The molecule has 1 aromatic carbocycles. The van der Waals surface area contributed by atoms with E-state index in [0.29, 0.717) is 11.4 Å². The minimum atomic E-state index is -0.00786. The molecule has 0 radical (unpaired) electrons. The predicted molar refractivity (Wildman–Crippen MR) is 77.0 cm³/mol. The van der Waals surface area contributed by atoms with Crippen LogP contribution in [0.3, 0.4) is 0 Å². The van der Waals surface area contributed by atoms with E-state index in [0.717, 1.165) is 24.4 Å². The van der Waals surface area contributed by atoms with Crippen LogP contribution in [-0.4, -0.2) is 12.5 Å². The van der Waals surface area contributed by atoms with Gasteiger partial charge in [0.25, 0.3) is 5.91 Å². The van der Waals surface area contributed by atoms with Crippen molar-refractivity contribution in [1.82, 2.24) is 5.32 Å². The Kier molecular flexibility index (Phi) is 6.81. The molecular weight excluding hydrogens is 246 g/mol. The SMILES string of the molecule is CC(C)CCCCNC(=O)c1cccc(CCl)c1. The third-order valence-electron chi connectivity index (χ3n) is 2.84. The lowest BCUT2D eigenvalue weighted by atomic mass is 10.1. The molecule has 0 aromatic heterocycles. The molecule has 18 heavy (non-hydrogen) atoms. The average Bonchev–Trinajstić information content (AvgIpc) is 2.37. The lowest BCUT2D eigenvalue weighted by Crippen LogP contribution is -2.24. The van der Waals surface area contributed by atoms with Gasteiger partial charge >= 0.3 is 0 Å². The maximum atomic E-state index is 11.9. The van der Waals surface area contributed by atoms with E-state index in [2.05, 4.69) is 19.2 Å². The molecule has 0 bridgehead atoms. The van der Waals surface area contributed by atoms with Crippen LogP contribution >= 0.6 is 11.6 Å². The second-order valence-electron chi connectivity index (χ2n) is 4.98. The molecule has 0 unspecified atom stereocenters. The maximum Gasteiger partial charge on any atom is 0.251 e. The molecule has 0 spiro atoms. The summed E-state index contributed by atoms with van der Waals surface area (Å²) >= 11 is 5.75. The minimum Gasteiger partial charge on any atom is -0.352 e. The molecule has 0 aliphatic heterocycles. The zero-order chi connectivity index (χ0) is 13.4. The Morgan fingerprint density at radius 2 is 2.11 bits per heavy atom. The first-order valence-corrected chi connectivity index (χ1v) is 7.10. The second-order valence-corrected chi connectivity index (χ2v) is 5.25. The second kappa shape index (κ2) is 8.15. The summed E-state index contributed by atoms with van der Waals surface area (Å²) in [5.41, 5.74) is 1.67. The fourth-order valence-electron chi connectivity index (χ4n) is 1.78. The summed E-state index contributed by atoms with van der Waals surface area (Å²) in [5, 5.41) is 2.94. The number of alkyl halides is 1. The van der Waals surface area contributed by atoms with E-state index in [1.165, 1.54) is 12.8 Å². The first-order chi connectivity index (χ1) is 8.63. The number of nitrogens with one attached hydrogen (secondary N) is 1. The van der Waals surface area contributed by atoms with Crippen molar-refractivity contribution < 1.29 is 4.79 Å². The number of carbonyl (C=O) groups excluding carboxylic acids is 1. The van der Waals surface area contributed by atoms with Gasteiger partial charge in [0.1, 0.15) is 0 Å². The summed E-state index contributed by atoms with van der Waals surface area (Å²) in [5.74, 6) is 1.17. The molecule has 100 valence electrons. The van der Waals surface area contributed by atoms with Crippen molar-refractivity contribution in [2.75, 3.05) is 6.54 Å². The molecule has 0 aliphatic carbocycles. The lowest BCUT2D eigenvalue weighted by Gasteiger charge is -2.07. The van der Waals surface area contributed by atoms with Crippen LogP contribution in [0.1, 0.15) is 49.0 Å². The molecule has 2 nitrogen and oxygen atoms in total. The molecule has 1 amide bonds. The first kappa shape index (κ1) is 15.0. The summed E-state index contributed by atoms with van der Waals surface area (Å²) < 4.78 is 0. The molecule has 3 heteroatoms. The molecule has 1 rings (SSSR count). The predicted octanol–water partition coefficient (Wildman–Crippen LogP) is 3.98. The Balaban J connectivity index is 2.31. The molecule has 1 aromatic rings. The van der Waals surface area contributed by atoms with Gasteiger partial charge in [-0.2, -0.15) is 0 Å². The van der Waals surface area contributed by atoms with Gasteiger partial charge in [0.05, 0.1) is 0 Å². The molecule has 0 saturated carbocycles. The van der Waals surface area contributed by atoms with Gasteiger partial charge in [0.2, 0.25) is 0 Å². The third kappa shape index (κ3) is 5.54. The van der Waals surface area contributed by atoms with E-state index in [4.69, 9.17) is 11.6 Å². The standard InChI is InChI=1S/C15H22ClNO/c1-12(2)6-3-4-9-17-15(18)14-8-5-7-13(10-14)11-16/h5,7-8,10,12H,3-4,6,9,11H2,1-2H3,(H,17,18). The minimum absolute atomic E-state index is 0.00786. The molecule has 0 saturated heterocycles. The third-order valence-corrected chi connectivity index (χ3v) is 3.15. The van der Waals surface area contributed by atoms with Gasteiger partial charge in [-0.05, 0) is 30.0 Å². The van der Waals surface area contributed by atoms with Crippen molar-refractivity contribution in [2.24, 2.45) is 5.92 Å². The maximum absolute atomic E-state index is 11.9. The van der Waals surface area contributed by atoms with Crippen LogP contribution in [0.4, 0.5) is 0 Å². The van der Waals surface area contributed by atoms with E-state index in [1.807, 2.05) is 24.3 Å². The summed E-state index contributed by atoms with van der Waals surface area (Å²) in [6.45, 7) is 5.18. The van der Waals surface area contributed by atoms with Gasteiger partial charge in [0, 0.05) is 18.0 Å². The molecule has 0 fully saturated rings. The quantitative estimate of drug-likeness (QED) is 0.588. The molecular formula is C15H22ClNO. The largest absolute Gasteiger partial charge is 0.352 e. The molecule has 1 N–H and O–H groups in total. The highest BCUT2D eigenvalue weighted by molar-refractivity contribution is 6.17. The number of halogens is 1. The molecule has 0 atom stereocenters. The highest BCUT2D eigenvalue weighted by Crippen LogP contribution is 2.08. The number of carbonyl (C=O) groups is 1. The van der Waals surface area contributed by atoms with Crippen LogP contribution in [0.15, 0.2) is 24.3 Å². The van der Waals surface area contributed by atoms with Gasteiger partial charge in [0.15, 0.2) is 0 Å². The Morgan fingerprint density at radius 1 is 1.33 bits per heavy atom. The van der Waals surface area contributed by atoms with Crippen molar-refractivity contribution >= 4 is 17.5 Å². The van der Waals surface area contributed by atoms with Crippen LogP contribution in [0.5, 0.6) is 0 Å². The monoisotopic (exact) mass is 267 g/mol. The van der Waals surface area contributed by atoms with Crippen LogP contribution in [0.25, 0.3) is 0 Å². The Morgan fingerprint density at radius 3 is 2.78 bits per heavy atom. The average molecular weight is 268 g/mol. The number of rotatable bonds is 7. The van der Waals surface area contributed by atoms with Crippen molar-refractivity contribution in [3.8, 4) is 0 Å². The Bertz CT molecular complexity index is 377. The summed E-state index contributed by atoms with van der Waals surface area (Å²) in [6, 6.07) is 7.45. The van der Waals surface area contributed by atoms with Crippen LogP contribution in [0, 0.1) is 5.92 Å². The first-order valence-electron chi connectivity index (χ1n) is 6.56. The van der Waals surface area contributed by atoms with Gasteiger partial charge < -0.3 is 5.32 Å². The molecule has 0 aliphatic rings. The number of hydrogen-bond donors (Lipinski definition) is 1. The number of amides is 1.